The van der Waals surface area contributed by atoms with Gasteiger partial charge in [0, 0.05) is 15.0 Å². The van der Waals surface area contributed by atoms with Gasteiger partial charge in [0.2, 0.25) is 0 Å². The van der Waals surface area contributed by atoms with Crippen molar-refractivity contribution in [2.24, 2.45) is 11.8 Å². The number of aryl methyl sites for hydroxylation is 1. The maximum absolute atomic E-state index is 3.71. The third kappa shape index (κ3) is 5.86. The Kier molecular flexibility index (Phi) is 6.89. The Morgan fingerprint density at radius 1 is 0.947 bits per heavy atom. The molecule has 1 aromatic carbocycles. The number of hydrogen-bond acceptors (Lipinski definition) is 1. The van der Waals surface area contributed by atoms with E-state index in [4.69, 9.17) is 0 Å². The zero-order valence-corrected chi connectivity index (χ0v) is 15.7. The van der Waals surface area contributed by atoms with Gasteiger partial charge in [0.25, 0.3) is 0 Å². The summed E-state index contributed by atoms with van der Waals surface area (Å²) in [4.78, 5) is 0. The van der Waals surface area contributed by atoms with Crippen molar-refractivity contribution < 1.29 is 0 Å². The molecule has 0 aliphatic heterocycles. The van der Waals surface area contributed by atoms with Crippen LogP contribution in [0.4, 0.5) is 5.69 Å². The lowest BCUT2D eigenvalue weighted by atomic mass is 9.95. The second-order valence-electron chi connectivity index (χ2n) is 6.20. The number of benzene rings is 1. The summed E-state index contributed by atoms with van der Waals surface area (Å²) in [7, 11) is 0. The molecule has 0 aliphatic carbocycles. The van der Waals surface area contributed by atoms with Crippen LogP contribution in [0, 0.1) is 18.8 Å². The minimum Gasteiger partial charge on any atom is -0.380 e. The number of halogens is 2. The smallest absolute Gasteiger partial charge is 0.0631 e. The van der Waals surface area contributed by atoms with E-state index in [9.17, 15) is 0 Å². The van der Waals surface area contributed by atoms with Crippen molar-refractivity contribution in [2.45, 2.75) is 53.5 Å². The standard InChI is InChI=1S/C16H25Br2N/c1-10(2)6-13(7-11(3)4)19-16-14(17)8-12(5)9-15(16)18/h8-11,13,19H,6-7H2,1-5H3. The molecule has 1 aromatic rings. The maximum atomic E-state index is 3.71. The average molecular weight is 391 g/mol. The monoisotopic (exact) mass is 389 g/mol. The fraction of sp³-hybridized carbons (Fsp3) is 0.625. The van der Waals surface area contributed by atoms with E-state index in [0.29, 0.717) is 17.9 Å². The highest BCUT2D eigenvalue weighted by Gasteiger charge is 2.16. The highest BCUT2D eigenvalue weighted by molar-refractivity contribution is 9.11. The first-order valence-corrected chi connectivity index (χ1v) is 8.60. The number of rotatable bonds is 6. The van der Waals surface area contributed by atoms with Crippen molar-refractivity contribution in [3.8, 4) is 0 Å². The summed E-state index contributed by atoms with van der Waals surface area (Å²) in [6.07, 6.45) is 2.40. The number of anilines is 1. The van der Waals surface area contributed by atoms with E-state index >= 15 is 0 Å². The summed E-state index contributed by atoms with van der Waals surface area (Å²) in [5, 5.41) is 3.71. The Morgan fingerprint density at radius 2 is 1.37 bits per heavy atom. The minimum atomic E-state index is 0.523. The van der Waals surface area contributed by atoms with Crippen molar-refractivity contribution in [1.29, 1.82) is 0 Å². The van der Waals surface area contributed by atoms with Gasteiger partial charge in [0.1, 0.15) is 0 Å². The minimum absolute atomic E-state index is 0.523. The number of nitrogens with one attached hydrogen (secondary N) is 1. The highest BCUT2D eigenvalue weighted by atomic mass is 79.9. The summed E-state index contributed by atoms with van der Waals surface area (Å²) in [6.45, 7) is 11.3. The van der Waals surface area contributed by atoms with Gasteiger partial charge < -0.3 is 5.32 Å². The van der Waals surface area contributed by atoms with Crippen molar-refractivity contribution in [3.05, 3.63) is 26.6 Å². The maximum Gasteiger partial charge on any atom is 0.0631 e. The molecule has 1 rings (SSSR count). The van der Waals surface area contributed by atoms with Crippen LogP contribution < -0.4 is 5.32 Å². The van der Waals surface area contributed by atoms with Gasteiger partial charge in [-0.3, -0.25) is 0 Å². The molecule has 0 amide bonds. The third-order valence-corrected chi connectivity index (χ3v) is 4.30. The molecule has 0 saturated heterocycles. The fourth-order valence-electron chi connectivity index (χ4n) is 2.39. The molecule has 0 aliphatic rings. The quantitative estimate of drug-likeness (QED) is 0.592. The van der Waals surface area contributed by atoms with Gasteiger partial charge in [-0.05, 0) is 81.2 Å². The van der Waals surface area contributed by atoms with E-state index in [2.05, 4.69) is 83.9 Å². The zero-order valence-electron chi connectivity index (χ0n) is 12.6. The fourth-order valence-corrected chi connectivity index (χ4v) is 4.04. The van der Waals surface area contributed by atoms with Crippen LogP contribution in [-0.4, -0.2) is 6.04 Å². The second kappa shape index (κ2) is 7.68. The van der Waals surface area contributed by atoms with Crippen molar-refractivity contribution in [2.75, 3.05) is 5.32 Å². The van der Waals surface area contributed by atoms with Crippen molar-refractivity contribution in [1.82, 2.24) is 0 Å². The van der Waals surface area contributed by atoms with Crippen LogP contribution in [0.2, 0.25) is 0 Å². The van der Waals surface area contributed by atoms with E-state index in [0.717, 1.165) is 8.95 Å². The molecule has 19 heavy (non-hydrogen) atoms. The van der Waals surface area contributed by atoms with Crippen LogP contribution in [0.15, 0.2) is 21.1 Å². The largest absolute Gasteiger partial charge is 0.380 e. The lowest BCUT2D eigenvalue weighted by Crippen LogP contribution is -2.24. The summed E-state index contributed by atoms with van der Waals surface area (Å²) < 4.78 is 2.27. The summed E-state index contributed by atoms with van der Waals surface area (Å²) in [5.74, 6) is 1.42. The van der Waals surface area contributed by atoms with Gasteiger partial charge in [-0.2, -0.15) is 0 Å². The lowest BCUT2D eigenvalue weighted by Gasteiger charge is -2.25. The molecule has 3 heteroatoms. The van der Waals surface area contributed by atoms with Gasteiger partial charge in [-0.1, -0.05) is 27.7 Å². The molecule has 0 atom stereocenters. The molecule has 0 saturated carbocycles. The molecule has 0 heterocycles. The predicted molar refractivity (Wildman–Crippen MR) is 92.9 cm³/mol. The van der Waals surface area contributed by atoms with E-state index in [-0.39, 0.29) is 0 Å². The Labute approximate surface area is 134 Å². The molecule has 0 spiro atoms. The molecule has 0 radical (unpaired) electrons. The molecular weight excluding hydrogens is 366 g/mol. The molecule has 0 bridgehead atoms. The molecule has 1 nitrogen and oxygen atoms in total. The van der Waals surface area contributed by atoms with E-state index < -0.39 is 0 Å². The van der Waals surface area contributed by atoms with Crippen molar-refractivity contribution in [3.63, 3.8) is 0 Å². The predicted octanol–water partition coefficient (Wildman–Crippen LogP) is 6.39. The Bertz CT molecular complexity index is 380. The van der Waals surface area contributed by atoms with Gasteiger partial charge in [0.15, 0.2) is 0 Å². The van der Waals surface area contributed by atoms with Gasteiger partial charge in [0.05, 0.1) is 5.69 Å². The molecule has 0 unspecified atom stereocenters. The Hall–Kier alpha value is -0.0200. The molecule has 108 valence electrons. The van der Waals surface area contributed by atoms with E-state index in [1.807, 2.05) is 0 Å². The molecule has 1 N–H and O–H groups in total. The lowest BCUT2D eigenvalue weighted by molar-refractivity contribution is 0.442. The van der Waals surface area contributed by atoms with Crippen LogP contribution >= 0.6 is 31.9 Å². The topological polar surface area (TPSA) is 12.0 Å². The van der Waals surface area contributed by atoms with Crippen LogP contribution in [-0.2, 0) is 0 Å². The van der Waals surface area contributed by atoms with Crippen LogP contribution in [0.5, 0.6) is 0 Å². The summed E-state index contributed by atoms with van der Waals surface area (Å²) in [5.41, 5.74) is 2.44. The zero-order chi connectivity index (χ0) is 14.6. The Balaban J connectivity index is 2.89. The first-order chi connectivity index (χ1) is 8.79. The first-order valence-electron chi connectivity index (χ1n) is 7.01. The average Bonchev–Trinajstić information content (AvgIpc) is 2.21. The SMILES string of the molecule is Cc1cc(Br)c(NC(CC(C)C)CC(C)C)c(Br)c1. The molecular formula is C16H25Br2N. The van der Waals surface area contributed by atoms with Crippen LogP contribution in [0.3, 0.4) is 0 Å². The van der Waals surface area contributed by atoms with Gasteiger partial charge in [-0.25, -0.2) is 0 Å². The number of hydrogen-bond donors (Lipinski definition) is 1. The second-order valence-corrected chi connectivity index (χ2v) is 7.91. The van der Waals surface area contributed by atoms with Crippen LogP contribution in [0.25, 0.3) is 0 Å². The van der Waals surface area contributed by atoms with E-state index in [1.165, 1.54) is 24.1 Å². The summed E-state index contributed by atoms with van der Waals surface area (Å²) in [6, 6.07) is 4.85. The first kappa shape index (κ1) is 17.0. The van der Waals surface area contributed by atoms with Crippen LogP contribution in [0.1, 0.15) is 46.1 Å². The van der Waals surface area contributed by atoms with Crippen molar-refractivity contribution >= 4 is 37.5 Å². The Morgan fingerprint density at radius 3 is 1.74 bits per heavy atom. The normalized spacial score (nSPS) is 11.7. The highest BCUT2D eigenvalue weighted by Crippen LogP contribution is 2.34. The molecule has 0 aromatic heterocycles. The molecule has 0 fully saturated rings. The summed E-state index contributed by atoms with van der Waals surface area (Å²) >= 11 is 7.33. The van der Waals surface area contributed by atoms with Gasteiger partial charge in [-0.15, -0.1) is 0 Å². The van der Waals surface area contributed by atoms with Gasteiger partial charge >= 0.3 is 0 Å². The third-order valence-electron chi connectivity index (χ3n) is 3.05. The van der Waals surface area contributed by atoms with E-state index in [1.54, 1.807) is 0 Å².